The minimum Gasteiger partial charge on any atom is -0.450 e. The van der Waals surface area contributed by atoms with Crippen molar-refractivity contribution in [2.75, 3.05) is 19.7 Å². The van der Waals surface area contributed by atoms with Gasteiger partial charge in [0.1, 0.15) is 0 Å². The summed E-state index contributed by atoms with van der Waals surface area (Å²) in [6.07, 6.45) is 0.838. The van der Waals surface area contributed by atoms with Gasteiger partial charge in [-0.25, -0.2) is 17.9 Å². The van der Waals surface area contributed by atoms with Crippen molar-refractivity contribution < 1.29 is 17.9 Å². The Kier molecular flexibility index (Phi) is 6.34. The number of nitrogens with one attached hydrogen (secondary N) is 1. The molecule has 26 heavy (non-hydrogen) atoms. The topological polar surface area (TPSA) is 75.7 Å². The van der Waals surface area contributed by atoms with E-state index >= 15 is 0 Å². The third kappa shape index (κ3) is 4.04. The Hall–Kier alpha value is -1.60. The highest BCUT2D eigenvalue weighted by atomic mass is 32.2. The van der Waals surface area contributed by atoms with Crippen molar-refractivity contribution in [2.45, 2.75) is 65.3 Å². The Balaban J connectivity index is 2.18. The number of nitrogens with zero attached hydrogens (tertiary/aromatic N) is 1. The van der Waals surface area contributed by atoms with Crippen molar-refractivity contribution in [1.29, 1.82) is 0 Å². The van der Waals surface area contributed by atoms with E-state index in [9.17, 15) is 13.2 Å². The number of carbonyl (C=O) groups excluding carboxylic acids is 1. The van der Waals surface area contributed by atoms with Gasteiger partial charge in [-0.2, -0.15) is 0 Å². The van der Waals surface area contributed by atoms with Crippen LogP contribution in [0.4, 0.5) is 4.79 Å². The molecule has 1 amide bonds. The minimum atomic E-state index is -3.62. The summed E-state index contributed by atoms with van der Waals surface area (Å²) >= 11 is 0. The third-order valence-electron chi connectivity index (χ3n) is 5.54. The lowest BCUT2D eigenvalue weighted by molar-refractivity contribution is 0.0966. The molecule has 0 bridgehead atoms. The van der Waals surface area contributed by atoms with E-state index in [0.717, 1.165) is 27.8 Å². The lowest BCUT2D eigenvalue weighted by Gasteiger charge is -2.32. The largest absolute Gasteiger partial charge is 0.450 e. The lowest BCUT2D eigenvalue weighted by atomic mass is 9.95. The summed E-state index contributed by atoms with van der Waals surface area (Å²) in [5, 5.41) is 0. The molecule has 6 nitrogen and oxygen atoms in total. The highest BCUT2D eigenvalue weighted by molar-refractivity contribution is 7.89. The molecule has 2 rings (SSSR count). The first-order chi connectivity index (χ1) is 12.1. The molecule has 1 saturated heterocycles. The molecule has 0 saturated carbocycles. The second-order valence-electron chi connectivity index (χ2n) is 7.04. The fraction of sp³-hybridized carbons (Fsp3) is 0.632. The minimum absolute atomic E-state index is 0.175. The lowest BCUT2D eigenvalue weighted by Crippen LogP contribution is -2.46. The molecule has 146 valence electrons. The van der Waals surface area contributed by atoms with Gasteiger partial charge in [0, 0.05) is 19.1 Å². The normalized spacial score (nSPS) is 16.0. The number of carbonyl (C=O) groups is 1. The van der Waals surface area contributed by atoms with Gasteiger partial charge in [-0.15, -0.1) is 0 Å². The molecular formula is C19H30N2O4S. The number of benzene rings is 1. The number of hydrogen-bond donors (Lipinski definition) is 1. The molecule has 1 aliphatic heterocycles. The van der Waals surface area contributed by atoms with E-state index in [0.29, 0.717) is 37.4 Å². The van der Waals surface area contributed by atoms with Crippen molar-refractivity contribution in [1.82, 2.24) is 9.62 Å². The SMILES string of the molecule is CCOC(=O)N1CCC(NS(=O)(=O)c2c(C)c(C)c(C)c(C)c2C)CC1. The molecular weight excluding hydrogens is 352 g/mol. The van der Waals surface area contributed by atoms with Crippen molar-refractivity contribution in [2.24, 2.45) is 0 Å². The molecule has 0 aliphatic carbocycles. The van der Waals surface area contributed by atoms with E-state index in [1.165, 1.54) is 0 Å². The van der Waals surface area contributed by atoms with Gasteiger partial charge >= 0.3 is 6.09 Å². The van der Waals surface area contributed by atoms with Gasteiger partial charge in [-0.1, -0.05) is 0 Å². The van der Waals surface area contributed by atoms with Crippen LogP contribution in [0.1, 0.15) is 47.6 Å². The molecule has 1 heterocycles. The fourth-order valence-electron chi connectivity index (χ4n) is 3.54. The van der Waals surface area contributed by atoms with Crippen molar-refractivity contribution in [3.8, 4) is 0 Å². The number of amides is 1. The molecule has 0 unspecified atom stereocenters. The predicted molar refractivity (Wildman–Crippen MR) is 102 cm³/mol. The Labute approximate surface area is 157 Å². The first-order valence-corrected chi connectivity index (χ1v) is 10.6. The van der Waals surface area contributed by atoms with Crippen LogP contribution in [0.15, 0.2) is 4.90 Å². The molecule has 1 fully saturated rings. The van der Waals surface area contributed by atoms with E-state index < -0.39 is 10.0 Å². The van der Waals surface area contributed by atoms with Crippen molar-refractivity contribution in [3.63, 3.8) is 0 Å². The Morgan fingerprint density at radius 1 is 1.00 bits per heavy atom. The zero-order valence-electron chi connectivity index (χ0n) is 16.6. The van der Waals surface area contributed by atoms with Gasteiger partial charge in [0.25, 0.3) is 0 Å². The van der Waals surface area contributed by atoms with E-state index in [2.05, 4.69) is 4.72 Å². The maximum Gasteiger partial charge on any atom is 0.409 e. The van der Waals surface area contributed by atoms with Gasteiger partial charge in [0.2, 0.25) is 10.0 Å². The highest BCUT2D eigenvalue weighted by Crippen LogP contribution is 2.30. The molecule has 7 heteroatoms. The van der Waals surface area contributed by atoms with Gasteiger partial charge in [-0.3, -0.25) is 0 Å². The Bertz CT molecular complexity index is 765. The van der Waals surface area contributed by atoms with Crippen LogP contribution in [-0.4, -0.2) is 45.1 Å². The summed E-state index contributed by atoms with van der Waals surface area (Å²) < 4.78 is 34.0. The second kappa shape index (κ2) is 7.96. The first kappa shape index (κ1) is 20.7. The summed E-state index contributed by atoms with van der Waals surface area (Å²) in [4.78, 5) is 13.8. The maximum atomic E-state index is 13.1. The van der Waals surface area contributed by atoms with Crippen LogP contribution >= 0.6 is 0 Å². The quantitative estimate of drug-likeness (QED) is 0.868. The van der Waals surface area contributed by atoms with E-state index in [4.69, 9.17) is 4.74 Å². The van der Waals surface area contributed by atoms with E-state index in [-0.39, 0.29) is 12.1 Å². The summed E-state index contributed by atoms with van der Waals surface area (Å²) in [6.45, 7) is 12.8. The van der Waals surface area contributed by atoms with E-state index in [1.807, 2.05) is 34.6 Å². The maximum absolute atomic E-state index is 13.1. The van der Waals surface area contributed by atoms with Gasteiger partial charge in [0.15, 0.2) is 0 Å². The second-order valence-corrected chi connectivity index (χ2v) is 8.69. The number of piperidine rings is 1. The average Bonchev–Trinajstić information content (AvgIpc) is 2.58. The van der Waals surface area contributed by atoms with Crippen molar-refractivity contribution >= 4 is 16.1 Å². The number of sulfonamides is 1. The molecule has 1 aromatic rings. The molecule has 0 aromatic heterocycles. The highest BCUT2D eigenvalue weighted by Gasteiger charge is 2.29. The number of likely N-dealkylation sites (tertiary alicyclic amines) is 1. The number of rotatable bonds is 4. The van der Waals surface area contributed by atoms with Gasteiger partial charge < -0.3 is 9.64 Å². The van der Waals surface area contributed by atoms with Crippen LogP contribution in [-0.2, 0) is 14.8 Å². The predicted octanol–water partition coefficient (Wildman–Crippen LogP) is 3.13. The molecule has 1 aliphatic rings. The van der Waals surface area contributed by atoms with Crippen LogP contribution in [0.25, 0.3) is 0 Å². The van der Waals surface area contributed by atoms with Gasteiger partial charge in [-0.05, 0) is 82.2 Å². The Morgan fingerprint density at radius 2 is 1.46 bits per heavy atom. The molecule has 0 atom stereocenters. The molecule has 1 aromatic carbocycles. The average molecular weight is 383 g/mol. The van der Waals surface area contributed by atoms with Crippen LogP contribution in [0.5, 0.6) is 0 Å². The zero-order chi connectivity index (χ0) is 19.6. The standard InChI is InChI=1S/C19H30N2O4S/c1-7-25-19(22)21-10-8-17(9-11-21)20-26(23,24)18-15(5)13(3)12(2)14(4)16(18)6/h17,20H,7-11H2,1-6H3. The Morgan fingerprint density at radius 3 is 1.92 bits per heavy atom. The van der Waals surface area contributed by atoms with Crippen LogP contribution in [0.2, 0.25) is 0 Å². The molecule has 1 N–H and O–H groups in total. The third-order valence-corrected chi connectivity index (χ3v) is 7.34. The van der Waals surface area contributed by atoms with Crippen LogP contribution in [0, 0.1) is 34.6 Å². The summed E-state index contributed by atoms with van der Waals surface area (Å²) in [5.41, 5.74) is 4.79. The van der Waals surface area contributed by atoms with Crippen LogP contribution < -0.4 is 4.72 Å². The fourth-order valence-corrected chi connectivity index (χ4v) is 5.45. The first-order valence-electron chi connectivity index (χ1n) is 9.11. The molecule has 0 radical (unpaired) electrons. The summed E-state index contributed by atoms with van der Waals surface area (Å²) in [7, 11) is -3.62. The monoisotopic (exact) mass is 382 g/mol. The smallest absolute Gasteiger partial charge is 0.409 e. The summed E-state index contributed by atoms with van der Waals surface area (Å²) in [6, 6.07) is -0.175. The van der Waals surface area contributed by atoms with Gasteiger partial charge in [0.05, 0.1) is 11.5 Å². The molecule has 0 spiro atoms. The van der Waals surface area contributed by atoms with E-state index in [1.54, 1.807) is 11.8 Å². The van der Waals surface area contributed by atoms with Crippen LogP contribution in [0.3, 0.4) is 0 Å². The van der Waals surface area contributed by atoms with Crippen molar-refractivity contribution in [3.05, 3.63) is 27.8 Å². The number of hydrogen-bond acceptors (Lipinski definition) is 4. The number of ether oxygens (including phenoxy) is 1. The zero-order valence-corrected chi connectivity index (χ0v) is 17.4. The summed E-state index contributed by atoms with van der Waals surface area (Å²) in [5.74, 6) is 0.